The van der Waals surface area contributed by atoms with Gasteiger partial charge >= 0.3 is 0 Å². The fourth-order valence-corrected chi connectivity index (χ4v) is 3.40. The molecule has 0 aromatic carbocycles. The third-order valence-corrected chi connectivity index (χ3v) is 4.92. The van der Waals surface area contributed by atoms with Gasteiger partial charge in [-0.3, -0.25) is 4.79 Å². The largest absolute Gasteiger partial charge is 0.396 e. The second kappa shape index (κ2) is 6.14. The van der Waals surface area contributed by atoms with Gasteiger partial charge in [0.1, 0.15) is 0 Å². The maximum atomic E-state index is 12.2. The Labute approximate surface area is 119 Å². The molecule has 106 valence electrons. The van der Waals surface area contributed by atoms with Gasteiger partial charge in [-0.25, -0.2) is 0 Å². The molecule has 0 aliphatic heterocycles. The predicted molar refractivity (Wildman–Crippen MR) is 80.1 cm³/mol. The predicted octanol–water partition coefficient (Wildman–Crippen LogP) is 2.98. The summed E-state index contributed by atoms with van der Waals surface area (Å²) in [5.74, 6) is 1.83. The first-order chi connectivity index (χ1) is 9.04. The number of carbonyl (C=O) groups excluding carboxylic acids is 1. The molecule has 1 unspecified atom stereocenters. The lowest BCUT2D eigenvalue weighted by atomic mass is 10.2. The van der Waals surface area contributed by atoms with Gasteiger partial charge in [-0.15, -0.1) is 0 Å². The van der Waals surface area contributed by atoms with Crippen molar-refractivity contribution in [2.24, 2.45) is 5.92 Å². The number of aliphatic hydroxyl groups excluding tert-OH is 1. The van der Waals surface area contributed by atoms with E-state index in [-0.39, 0.29) is 18.3 Å². The zero-order chi connectivity index (χ0) is 14.0. The molecule has 0 saturated heterocycles. The van der Waals surface area contributed by atoms with Crippen molar-refractivity contribution in [2.45, 2.75) is 39.7 Å². The van der Waals surface area contributed by atoms with E-state index >= 15 is 0 Å². The van der Waals surface area contributed by atoms with Crippen LogP contribution in [0.4, 0.5) is 0 Å². The first-order valence-corrected chi connectivity index (χ1v) is 8.10. The topological polar surface area (TPSA) is 42.2 Å². The number of aryl methyl sites for hydroxylation is 1. The van der Waals surface area contributed by atoms with Crippen molar-refractivity contribution in [3.05, 3.63) is 23.0 Å². The van der Waals surface area contributed by atoms with Gasteiger partial charge in [0.05, 0.1) is 5.75 Å². The summed E-state index contributed by atoms with van der Waals surface area (Å²) < 4.78 is 2.31. The van der Waals surface area contributed by atoms with Crippen molar-refractivity contribution in [3.63, 3.8) is 0 Å². The van der Waals surface area contributed by atoms with Gasteiger partial charge in [0.2, 0.25) is 0 Å². The summed E-state index contributed by atoms with van der Waals surface area (Å²) in [5, 5.41) is 8.97. The lowest BCUT2D eigenvalue weighted by molar-refractivity contribution is 0.102. The number of thioether (sulfide) groups is 1. The van der Waals surface area contributed by atoms with Crippen LogP contribution in [0.3, 0.4) is 0 Å². The maximum absolute atomic E-state index is 12.2. The number of rotatable bonds is 7. The molecule has 19 heavy (non-hydrogen) atoms. The minimum absolute atomic E-state index is 0.192. The Bertz CT molecular complexity index is 463. The monoisotopic (exact) mass is 281 g/mol. The fraction of sp³-hybridized carbons (Fsp3) is 0.667. The molecule has 0 spiro atoms. The highest BCUT2D eigenvalue weighted by molar-refractivity contribution is 7.99. The Morgan fingerprint density at radius 3 is 2.79 bits per heavy atom. The number of carbonyl (C=O) groups is 1. The molecule has 2 rings (SSSR count). The average Bonchev–Trinajstić information content (AvgIpc) is 3.15. The number of hydrogen-bond acceptors (Lipinski definition) is 3. The Morgan fingerprint density at radius 2 is 2.21 bits per heavy atom. The molecular weight excluding hydrogens is 258 g/mol. The van der Waals surface area contributed by atoms with Gasteiger partial charge in [0, 0.05) is 29.6 Å². The Hall–Kier alpha value is -0.740. The van der Waals surface area contributed by atoms with E-state index in [2.05, 4.69) is 18.4 Å². The summed E-state index contributed by atoms with van der Waals surface area (Å²) in [5.41, 5.74) is 3.21. The second-order valence-electron chi connectivity index (χ2n) is 5.61. The molecule has 1 heterocycles. The highest BCUT2D eigenvalue weighted by atomic mass is 32.2. The molecule has 4 heteroatoms. The van der Waals surface area contributed by atoms with Gasteiger partial charge in [-0.2, -0.15) is 11.8 Å². The third-order valence-electron chi connectivity index (χ3n) is 3.64. The molecule has 1 atom stereocenters. The van der Waals surface area contributed by atoms with E-state index < -0.39 is 0 Å². The van der Waals surface area contributed by atoms with Crippen LogP contribution in [0.15, 0.2) is 6.07 Å². The summed E-state index contributed by atoms with van der Waals surface area (Å²) >= 11 is 1.62. The molecule has 0 radical (unpaired) electrons. The van der Waals surface area contributed by atoms with E-state index in [1.165, 1.54) is 18.5 Å². The van der Waals surface area contributed by atoms with Gasteiger partial charge in [-0.1, -0.05) is 6.92 Å². The number of aliphatic hydroxyl groups is 1. The quantitative estimate of drug-likeness (QED) is 0.781. The number of aromatic nitrogens is 1. The minimum atomic E-state index is 0.192. The molecule has 1 aliphatic carbocycles. The first kappa shape index (κ1) is 14.7. The molecule has 1 aliphatic rings. The lowest BCUT2D eigenvalue weighted by Gasteiger charge is -2.08. The normalized spacial score (nSPS) is 16.6. The molecular formula is C15H23NO2S. The lowest BCUT2D eigenvalue weighted by Crippen LogP contribution is -2.09. The van der Waals surface area contributed by atoms with Gasteiger partial charge < -0.3 is 9.67 Å². The van der Waals surface area contributed by atoms with Gasteiger partial charge in [0.15, 0.2) is 5.78 Å². The zero-order valence-electron chi connectivity index (χ0n) is 12.0. The van der Waals surface area contributed by atoms with Crippen molar-refractivity contribution in [3.8, 4) is 0 Å². The van der Waals surface area contributed by atoms with Crippen molar-refractivity contribution >= 4 is 17.5 Å². The molecule has 1 N–H and O–H groups in total. The number of ketones is 1. The fourth-order valence-electron chi connectivity index (χ4n) is 2.44. The van der Waals surface area contributed by atoms with E-state index in [4.69, 9.17) is 5.11 Å². The Morgan fingerprint density at radius 1 is 1.53 bits per heavy atom. The van der Waals surface area contributed by atoms with E-state index in [1.54, 1.807) is 11.8 Å². The SMILES string of the molecule is Cc1cc(C(=O)CSCC(C)CO)c(C)n1C1CC1. The van der Waals surface area contributed by atoms with Crippen LogP contribution in [-0.2, 0) is 0 Å². The van der Waals surface area contributed by atoms with Crippen LogP contribution in [0.5, 0.6) is 0 Å². The molecule has 3 nitrogen and oxygen atoms in total. The number of hydrogen-bond donors (Lipinski definition) is 1. The summed E-state index contributed by atoms with van der Waals surface area (Å²) in [6.07, 6.45) is 2.49. The van der Waals surface area contributed by atoms with Gasteiger partial charge in [0.25, 0.3) is 0 Å². The molecule has 1 fully saturated rings. The van der Waals surface area contributed by atoms with Crippen LogP contribution < -0.4 is 0 Å². The highest BCUT2D eigenvalue weighted by Gasteiger charge is 2.28. The van der Waals surface area contributed by atoms with E-state index in [1.807, 2.05) is 13.0 Å². The standard InChI is InChI=1S/C15H23NO2S/c1-10(7-17)8-19-9-15(18)14-6-11(2)16(12(14)3)13-4-5-13/h6,10,13,17H,4-5,7-9H2,1-3H3. The highest BCUT2D eigenvalue weighted by Crippen LogP contribution is 2.38. The molecule has 1 aromatic rings. The molecule has 1 aromatic heterocycles. The smallest absolute Gasteiger partial charge is 0.174 e. The van der Waals surface area contributed by atoms with E-state index in [0.717, 1.165) is 17.0 Å². The molecule has 0 bridgehead atoms. The van der Waals surface area contributed by atoms with Crippen LogP contribution in [-0.4, -0.2) is 33.6 Å². The van der Waals surface area contributed by atoms with Crippen LogP contribution in [0.2, 0.25) is 0 Å². The van der Waals surface area contributed by atoms with Crippen molar-refractivity contribution in [1.29, 1.82) is 0 Å². The van der Waals surface area contributed by atoms with Crippen LogP contribution >= 0.6 is 11.8 Å². The minimum Gasteiger partial charge on any atom is -0.396 e. The molecule has 0 amide bonds. The summed E-state index contributed by atoms with van der Waals surface area (Å²) in [4.78, 5) is 12.2. The summed E-state index contributed by atoms with van der Waals surface area (Å²) in [6.45, 7) is 6.33. The third kappa shape index (κ3) is 3.42. The van der Waals surface area contributed by atoms with E-state index in [0.29, 0.717) is 11.8 Å². The maximum Gasteiger partial charge on any atom is 0.174 e. The molecule has 1 saturated carbocycles. The van der Waals surface area contributed by atoms with Crippen molar-refractivity contribution in [2.75, 3.05) is 18.1 Å². The number of Topliss-reactive ketones (excluding diaryl/α,β-unsaturated/α-hetero) is 1. The van der Waals surface area contributed by atoms with Gasteiger partial charge in [-0.05, 0) is 44.4 Å². The van der Waals surface area contributed by atoms with Crippen LogP contribution in [0, 0.1) is 19.8 Å². The van der Waals surface area contributed by atoms with Crippen LogP contribution in [0.1, 0.15) is 47.6 Å². The van der Waals surface area contributed by atoms with Crippen molar-refractivity contribution in [1.82, 2.24) is 4.57 Å². The summed E-state index contributed by atoms with van der Waals surface area (Å²) in [6, 6.07) is 2.66. The first-order valence-electron chi connectivity index (χ1n) is 6.94. The van der Waals surface area contributed by atoms with Crippen molar-refractivity contribution < 1.29 is 9.90 Å². The van der Waals surface area contributed by atoms with Crippen LogP contribution in [0.25, 0.3) is 0 Å². The Kier molecular flexibility index (Phi) is 4.74. The number of nitrogens with zero attached hydrogens (tertiary/aromatic N) is 1. The summed E-state index contributed by atoms with van der Waals surface area (Å²) in [7, 11) is 0. The Balaban J connectivity index is 1.97. The average molecular weight is 281 g/mol. The zero-order valence-corrected chi connectivity index (χ0v) is 12.8. The second-order valence-corrected chi connectivity index (χ2v) is 6.64. The van der Waals surface area contributed by atoms with E-state index in [9.17, 15) is 4.79 Å².